The highest BCUT2D eigenvalue weighted by Gasteiger charge is 2.21. The number of rotatable bonds is 4. The molecule has 3 rings (SSSR count). The zero-order valence-corrected chi connectivity index (χ0v) is 12.2. The minimum atomic E-state index is -3.41. The normalized spacial score (nSPS) is 19.6. The first-order chi connectivity index (χ1) is 9.65. The Labute approximate surface area is 119 Å². The highest BCUT2D eigenvalue weighted by Crippen LogP contribution is 2.27. The van der Waals surface area contributed by atoms with Crippen LogP contribution in [-0.2, 0) is 16.4 Å². The van der Waals surface area contributed by atoms with Gasteiger partial charge in [-0.2, -0.15) is 0 Å². The zero-order valence-electron chi connectivity index (χ0n) is 11.4. The van der Waals surface area contributed by atoms with E-state index >= 15 is 0 Å². The van der Waals surface area contributed by atoms with Gasteiger partial charge in [-0.25, -0.2) is 13.1 Å². The van der Waals surface area contributed by atoms with E-state index in [2.05, 4.69) is 10.0 Å². The molecule has 0 radical (unpaired) electrons. The summed E-state index contributed by atoms with van der Waals surface area (Å²) in [6.07, 6.45) is 2.84. The largest absolute Gasteiger partial charge is 0.493 e. The van der Waals surface area contributed by atoms with Crippen molar-refractivity contribution in [2.24, 2.45) is 5.92 Å². The first-order valence-electron chi connectivity index (χ1n) is 7.11. The van der Waals surface area contributed by atoms with Crippen molar-refractivity contribution in [1.29, 1.82) is 0 Å². The molecule has 0 bridgehead atoms. The lowest BCUT2D eigenvalue weighted by Gasteiger charge is -2.22. The van der Waals surface area contributed by atoms with Crippen molar-refractivity contribution >= 4 is 10.0 Å². The molecule has 2 aliphatic heterocycles. The van der Waals surface area contributed by atoms with E-state index in [4.69, 9.17) is 4.74 Å². The summed E-state index contributed by atoms with van der Waals surface area (Å²) in [5, 5.41) is 3.28. The van der Waals surface area contributed by atoms with Gasteiger partial charge in [0.2, 0.25) is 10.0 Å². The van der Waals surface area contributed by atoms with Crippen LogP contribution >= 0.6 is 0 Å². The molecular formula is C14H20N2O3S. The molecule has 6 heteroatoms. The lowest BCUT2D eigenvalue weighted by Crippen LogP contribution is -2.35. The molecule has 20 heavy (non-hydrogen) atoms. The second kappa shape index (κ2) is 5.71. The van der Waals surface area contributed by atoms with Gasteiger partial charge in [-0.1, -0.05) is 0 Å². The van der Waals surface area contributed by atoms with Crippen molar-refractivity contribution < 1.29 is 13.2 Å². The fraction of sp³-hybridized carbons (Fsp3) is 0.571. The van der Waals surface area contributed by atoms with E-state index in [1.54, 1.807) is 18.2 Å². The molecule has 2 heterocycles. The average Bonchev–Trinajstić information content (AvgIpc) is 2.94. The van der Waals surface area contributed by atoms with Crippen molar-refractivity contribution in [2.45, 2.75) is 24.2 Å². The average molecular weight is 296 g/mol. The Hall–Kier alpha value is -1.11. The highest BCUT2D eigenvalue weighted by atomic mass is 32.2. The van der Waals surface area contributed by atoms with Crippen molar-refractivity contribution in [3.8, 4) is 5.75 Å². The maximum absolute atomic E-state index is 12.3. The monoisotopic (exact) mass is 296 g/mol. The summed E-state index contributed by atoms with van der Waals surface area (Å²) in [7, 11) is -3.41. The molecule has 1 aromatic carbocycles. The van der Waals surface area contributed by atoms with Gasteiger partial charge in [0.1, 0.15) is 5.75 Å². The molecule has 0 aliphatic carbocycles. The van der Waals surface area contributed by atoms with E-state index < -0.39 is 10.0 Å². The van der Waals surface area contributed by atoms with Crippen LogP contribution < -0.4 is 14.8 Å². The molecule has 0 unspecified atom stereocenters. The molecule has 0 amide bonds. The molecule has 5 nitrogen and oxygen atoms in total. The predicted octanol–water partition coefficient (Wildman–Crippen LogP) is 0.899. The maximum atomic E-state index is 12.3. The van der Waals surface area contributed by atoms with E-state index in [0.717, 1.165) is 43.7 Å². The maximum Gasteiger partial charge on any atom is 0.240 e. The second-order valence-corrected chi connectivity index (χ2v) is 7.18. The Morgan fingerprint density at radius 2 is 2.10 bits per heavy atom. The molecule has 1 aromatic rings. The predicted molar refractivity (Wildman–Crippen MR) is 76.4 cm³/mol. The smallest absolute Gasteiger partial charge is 0.240 e. The van der Waals surface area contributed by atoms with E-state index in [0.29, 0.717) is 24.0 Å². The van der Waals surface area contributed by atoms with Crippen LogP contribution in [-0.4, -0.2) is 34.7 Å². The topological polar surface area (TPSA) is 67.4 Å². The standard InChI is InChI=1S/C14H20N2O3S/c17-20(18,16-10-11-3-6-15-7-4-11)13-1-2-14-12(9-13)5-8-19-14/h1-2,9,11,15-16H,3-8,10H2. The van der Waals surface area contributed by atoms with Crippen LogP contribution in [0.3, 0.4) is 0 Å². The van der Waals surface area contributed by atoms with E-state index in [1.165, 1.54) is 0 Å². The van der Waals surface area contributed by atoms with Gasteiger partial charge in [0.15, 0.2) is 0 Å². The molecule has 2 N–H and O–H groups in total. The van der Waals surface area contributed by atoms with Gasteiger partial charge in [0.25, 0.3) is 0 Å². The number of piperidine rings is 1. The summed E-state index contributed by atoms with van der Waals surface area (Å²) in [5.41, 5.74) is 0.981. The van der Waals surface area contributed by atoms with Gasteiger partial charge in [-0.3, -0.25) is 0 Å². The quantitative estimate of drug-likeness (QED) is 0.866. The van der Waals surface area contributed by atoms with Crippen LogP contribution in [0, 0.1) is 5.92 Å². The number of hydrogen-bond donors (Lipinski definition) is 2. The molecule has 1 fully saturated rings. The first-order valence-corrected chi connectivity index (χ1v) is 8.59. The summed E-state index contributed by atoms with van der Waals surface area (Å²) in [4.78, 5) is 0.343. The fourth-order valence-electron chi connectivity index (χ4n) is 2.73. The second-order valence-electron chi connectivity index (χ2n) is 5.41. The lowest BCUT2D eigenvalue weighted by molar-refractivity contribution is 0.356. The van der Waals surface area contributed by atoms with Gasteiger partial charge in [0, 0.05) is 13.0 Å². The molecule has 0 atom stereocenters. The summed E-state index contributed by atoms with van der Waals surface area (Å²) < 4.78 is 32.8. The van der Waals surface area contributed by atoms with Crippen LogP contribution in [0.1, 0.15) is 18.4 Å². The Morgan fingerprint density at radius 3 is 2.90 bits per heavy atom. The number of benzene rings is 1. The molecule has 0 spiro atoms. The number of sulfonamides is 1. The fourth-order valence-corrected chi connectivity index (χ4v) is 3.89. The van der Waals surface area contributed by atoms with E-state index in [-0.39, 0.29) is 0 Å². The van der Waals surface area contributed by atoms with Crippen LogP contribution in [0.15, 0.2) is 23.1 Å². The Kier molecular flexibility index (Phi) is 3.96. The SMILES string of the molecule is O=S(=O)(NCC1CCNCC1)c1ccc2c(c1)CCO2. The minimum Gasteiger partial charge on any atom is -0.493 e. The molecule has 1 saturated heterocycles. The van der Waals surface area contributed by atoms with Crippen LogP contribution in [0.4, 0.5) is 0 Å². The van der Waals surface area contributed by atoms with Crippen LogP contribution in [0.25, 0.3) is 0 Å². The molecular weight excluding hydrogens is 276 g/mol. The van der Waals surface area contributed by atoms with Gasteiger partial charge in [-0.15, -0.1) is 0 Å². The third-order valence-electron chi connectivity index (χ3n) is 3.99. The molecule has 110 valence electrons. The Balaban J connectivity index is 1.68. The Bertz CT molecular complexity index is 580. The summed E-state index contributed by atoms with van der Waals surface area (Å²) in [6.45, 7) is 3.12. The highest BCUT2D eigenvalue weighted by molar-refractivity contribution is 7.89. The van der Waals surface area contributed by atoms with Gasteiger partial charge in [0.05, 0.1) is 11.5 Å². The molecule has 0 aromatic heterocycles. The van der Waals surface area contributed by atoms with Crippen LogP contribution in [0.5, 0.6) is 5.75 Å². The van der Waals surface area contributed by atoms with Gasteiger partial charge in [-0.05, 0) is 55.6 Å². The number of hydrogen-bond acceptors (Lipinski definition) is 4. The number of fused-ring (bicyclic) bond motifs is 1. The van der Waals surface area contributed by atoms with Crippen molar-refractivity contribution in [3.63, 3.8) is 0 Å². The first kappa shape index (κ1) is 13.9. The van der Waals surface area contributed by atoms with Gasteiger partial charge < -0.3 is 10.1 Å². The number of ether oxygens (including phenoxy) is 1. The minimum absolute atomic E-state index is 0.343. The number of nitrogens with one attached hydrogen (secondary N) is 2. The van der Waals surface area contributed by atoms with Gasteiger partial charge >= 0.3 is 0 Å². The summed E-state index contributed by atoms with van der Waals surface area (Å²) in [5.74, 6) is 1.24. The molecule has 2 aliphatic rings. The van der Waals surface area contributed by atoms with E-state index in [9.17, 15) is 8.42 Å². The zero-order chi connectivity index (χ0) is 14.0. The van der Waals surface area contributed by atoms with Crippen LogP contribution in [0.2, 0.25) is 0 Å². The third kappa shape index (κ3) is 2.97. The van der Waals surface area contributed by atoms with Crippen molar-refractivity contribution in [3.05, 3.63) is 23.8 Å². The lowest BCUT2D eigenvalue weighted by atomic mass is 9.99. The van der Waals surface area contributed by atoms with Crippen molar-refractivity contribution in [1.82, 2.24) is 10.0 Å². The summed E-state index contributed by atoms with van der Waals surface area (Å²) in [6, 6.07) is 5.10. The van der Waals surface area contributed by atoms with Crippen molar-refractivity contribution in [2.75, 3.05) is 26.2 Å². The summed E-state index contributed by atoms with van der Waals surface area (Å²) >= 11 is 0. The third-order valence-corrected chi connectivity index (χ3v) is 5.41. The Morgan fingerprint density at radius 1 is 1.30 bits per heavy atom. The molecule has 0 saturated carbocycles. The van der Waals surface area contributed by atoms with E-state index in [1.807, 2.05) is 0 Å².